The zero-order valence-electron chi connectivity index (χ0n) is 14.0. The second kappa shape index (κ2) is 8.26. The first kappa shape index (κ1) is 17.0. The van der Waals surface area contributed by atoms with Crippen LogP contribution in [0.5, 0.6) is 0 Å². The fourth-order valence-electron chi connectivity index (χ4n) is 3.21. The molecule has 1 fully saturated rings. The third-order valence-corrected chi connectivity index (χ3v) is 4.79. The van der Waals surface area contributed by atoms with Crippen molar-refractivity contribution >= 4 is 0 Å². The van der Waals surface area contributed by atoms with Crippen molar-refractivity contribution in [2.45, 2.75) is 72.3 Å². The highest BCUT2D eigenvalue weighted by Gasteiger charge is 2.27. The van der Waals surface area contributed by atoms with Crippen LogP contribution in [0.25, 0.3) is 0 Å². The summed E-state index contributed by atoms with van der Waals surface area (Å²) in [5, 5.41) is 3.66. The maximum Gasteiger partial charge on any atom is 0.00924 e. The van der Waals surface area contributed by atoms with E-state index in [2.05, 4.69) is 45.0 Å². The minimum absolute atomic E-state index is 0.418. The van der Waals surface area contributed by atoms with Crippen LogP contribution >= 0.6 is 0 Å². The van der Waals surface area contributed by atoms with E-state index in [0.717, 1.165) is 25.0 Å². The van der Waals surface area contributed by atoms with Gasteiger partial charge in [0.15, 0.2) is 0 Å². The van der Waals surface area contributed by atoms with Gasteiger partial charge >= 0.3 is 0 Å². The average Bonchev–Trinajstić information content (AvgIpc) is 2.39. The van der Waals surface area contributed by atoms with Gasteiger partial charge < -0.3 is 10.2 Å². The molecular weight excluding hydrogens is 232 g/mol. The van der Waals surface area contributed by atoms with Gasteiger partial charge in [0, 0.05) is 19.1 Å². The first-order chi connectivity index (χ1) is 8.97. The van der Waals surface area contributed by atoms with Gasteiger partial charge in [0.25, 0.3) is 0 Å². The molecule has 0 radical (unpaired) electrons. The van der Waals surface area contributed by atoms with Gasteiger partial charge in [0.05, 0.1) is 0 Å². The third-order valence-electron chi connectivity index (χ3n) is 4.79. The molecule has 1 saturated carbocycles. The highest BCUT2D eigenvalue weighted by molar-refractivity contribution is 4.83. The molecule has 0 aromatic heterocycles. The molecule has 0 aromatic carbocycles. The first-order valence-electron chi connectivity index (χ1n) is 8.38. The molecule has 1 rings (SSSR count). The van der Waals surface area contributed by atoms with Crippen LogP contribution in [0.2, 0.25) is 0 Å². The molecule has 114 valence electrons. The van der Waals surface area contributed by atoms with E-state index in [1.807, 2.05) is 0 Å². The van der Waals surface area contributed by atoms with Gasteiger partial charge in [0.1, 0.15) is 0 Å². The first-order valence-corrected chi connectivity index (χ1v) is 8.38. The Morgan fingerprint density at radius 2 is 1.84 bits per heavy atom. The molecule has 1 aliphatic rings. The van der Waals surface area contributed by atoms with Crippen LogP contribution < -0.4 is 5.32 Å². The molecule has 0 heterocycles. The molecule has 0 aromatic rings. The second-order valence-electron chi connectivity index (χ2n) is 7.40. The van der Waals surface area contributed by atoms with Crippen LogP contribution in [0.3, 0.4) is 0 Å². The Labute approximate surface area is 121 Å². The minimum atomic E-state index is 0.418. The van der Waals surface area contributed by atoms with Crippen molar-refractivity contribution in [1.82, 2.24) is 10.2 Å². The quantitative estimate of drug-likeness (QED) is 0.718. The van der Waals surface area contributed by atoms with Crippen molar-refractivity contribution in [3.8, 4) is 0 Å². The molecule has 1 unspecified atom stereocenters. The molecule has 0 bridgehead atoms. The monoisotopic (exact) mass is 268 g/mol. The van der Waals surface area contributed by atoms with Crippen LogP contribution in [-0.4, -0.2) is 37.6 Å². The van der Waals surface area contributed by atoms with E-state index >= 15 is 0 Å². The van der Waals surface area contributed by atoms with Crippen molar-refractivity contribution in [3.05, 3.63) is 0 Å². The maximum atomic E-state index is 3.66. The van der Waals surface area contributed by atoms with Gasteiger partial charge in [-0.15, -0.1) is 0 Å². The lowest BCUT2D eigenvalue weighted by atomic mass is 9.85. The lowest BCUT2D eigenvalue weighted by Crippen LogP contribution is -2.45. The predicted octanol–water partition coefficient (Wildman–Crippen LogP) is 3.91. The Kier molecular flexibility index (Phi) is 7.38. The Bertz CT molecular complexity index is 233. The van der Waals surface area contributed by atoms with E-state index in [1.165, 1.54) is 45.1 Å². The summed E-state index contributed by atoms with van der Waals surface area (Å²) >= 11 is 0. The van der Waals surface area contributed by atoms with E-state index in [9.17, 15) is 0 Å². The van der Waals surface area contributed by atoms with E-state index in [0.29, 0.717) is 5.41 Å². The van der Waals surface area contributed by atoms with Crippen molar-refractivity contribution in [2.75, 3.05) is 26.7 Å². The molecule has 1 aliphatic carbocycles. The van der Waals surface area contributed by atoms with Crippen molar-refractivity contribution < 1.29 is 0 Å². The Balaban J connectivity index is 2.39. The summed E-state index contributed by atoms with van der Waals surface area (Å²) in [6.07, 6.45) is 8.40. The van der Waals surface area contributed by atoms with E-state index < -0.39 is 0 Å². The van der Waals surface area contributed by atoms with Gasteiger partial charge in [-0.3, -0.25) is 0 Å². The highest BCUT2D eigenvalue weighted by atomic mass is 15.1. The van der Waals surface area contributed by atoms with E-state index in [-0.39, 0.29) is 0 Å². The molecule has 2 nitrogen and oxygen atoms in total. The lowest BCUT2D eigenvalue weighted by molar-refractivity contribution is 0.117. The summed E-state index contributed by atoms with van der Waals surface area (Å²) in [4.78, 5) is 2.64. The normalized spacial score (nSPS) is 21.0. The number of nitrogens with one attached hydrogen (secondary N) is 1. The largest absolute Gasteiger partial charge is 0.316 e. The highest BCUT2D eigenvalue weighted by Crippen LogP contribution is 2.27. The molecular formula is C17H36N2. The SMILES string of the molecule is CCC(C)(CNCC(C)C)CN(C)C1CCCCC1. The Hall–Kier alpha value is -0.0800. The van der Waals surface area contributed by atoms with Crippen molar-refractivity contribution in [3.63, 3.8) is 0 Å². The predicted molar refractivity (Wildman–Crippen MR) is 85.6 cm³/mol. The summed E-state index contributed by atoms with van der Waals surface area (Å²) in [5.74, 6) is 0.747. The average molecular weight is 268 g/mol. The zero-order valence-corrected chi connectivity index (χ0v) is 14.0. The summed E-state index contributed by atoms with van der Waals surface area (Å²) in [6.45, 7) is 12.9. The topological polar surface area (TPSA) is 15.3 Å². The summed E-state index contributed by atoms with van der Waals surface area (Å²) in [5.41, 5.74) is 0.418. The molecule has 0 aliphatic heterocycles. The second-order valence-corrected chi connectivity index (χ2v) is 7.40. The fraction of sp³-hybridized carbons (Fsp3) is 1.00. The third kappa shape index (κ3) is 6.27. The van der Waals surface area contributed by atoms with Gasteiger partial charge in [-0.2, -0.15) is 0 Å². The number of hydrogen-bond acceptors (Lipinski definition) is 2. The van der Waals surface area contributed by atoms with Crippen molar-refractivity contribution in [2.24, 2.45) is 11.3 Å². The minimum Gasteiger partial charge on any atom is -0.316 e. The standard InChI is InChI=1S/C17H36N2/c1-6-17(4,13-18-12-15(2)3)14-19(5)16-10-8-7-9-11-16/h15-16,18H,6-14H2,1-5H3. The summed E-state index contributed by atoms with van der Waals surface area (Å²) < 4.78 is 0. The van der Waals surface area contributed by atoms with Crippen LogP contribution in [0.1, 0.15) is 66.2 Å². The summed E-state index contributed by atoms with van der Waals surface area (Å²) in [7, 11) is 2.34. The van der Waals surface area contributed by atoms with Gasteiger partial charge in [-0.25, -0.2) is 0 Å². The van der Waals surface area contributed by atoms with Gasteiger partial charge in [-0.1, -0.05) is 47.0 Å². The van der Waals surface area contributed by atoms with Gasteiger partial charge in [-0.05, 0) is 44.2 Å². The molecule has 19 heavy (non-hydrogen) atoms. The zero-order chi connectivity index (χ0) is 14.3. The maximum absolute atomic E-state index is 3.66. The Morgan fingerprint density at radius 3 is 2.37 bits per heavy atom. The summed E-state index contributed by atoms with van der Waals surface area (Å²) in [6, 6.07) is 0.838. The smallest absolute Gasteiger partial charge is 0.00924 e. The van der Waals surface area contributed by atoms with Crippen LogP contribution in [0.4, 0.5) is 0 Å². The molecule has 1 N–H and O–H groups in total. The number of nitrogens with zero attached hydrogens (tertiary/aromatic N) is 1. The Morgan fingerprint density at radius 1 is 1.21 bits per heavy atom. The van der Waals surface area contributed by atoms with E-state index in [1.54, 1.807) is 0 Å². The van der Waals surface area contributed by atoms with Crippen LogP contribution in [0.15, 0.2) is 0 Å². The molecule has 0 amide bonds. The fourth-order valence-corrected chi connectivity index (χ4v) is 3.21. The van der Waals surface area contributed by atoms with Crippen molar-refractivity contribution in [1.29, 1.82) is 0 Å². The molecule has 0 spiro atoms. The lowest BCUT2D eigenvalue weighted by Gasteiger charge is -2.39. The van der Waals surface area contributed by atoms with Gasteiger partial charge in [0.2, 0.25) is 0 Å². The number of rotatable bonds is 8. The molecule has 1 atom stereocenters. The number of hydrogen-bond donors (Lipinski definition) is 1. The van der Waals surface area contributed by atoms with Crippen LogP contribution in [0, 0.1) is 11.3 Å². The molecule has 2 heteroatoms. The van der Waals surface area contributed by atoms with Crippen LogP contribution in [-0.2, 0) is 0 Å². The van der Waals surface area contributed by atoms with E-state index in [4.69, 9.17) is 0 Å². The molecule has 0 saturated heterocycles.